The van der Waals surface area contributed by atoms with E-state index in [4.69, 9.17) is 9.84 Å². The number of benzene rings is 2. The zero-order valence-electron chi connectivity index (χ0n) is 14.2. The molecule has 1 fully saturated rings. The third-order valence-corrected chi connectivity index (χ3v) is 4.17. The van der Waals surface area contributed by atoms with Crippen LogP contribution in [0.5, 0.6) is 5.75 Å². The van der Waals surface area contributed by atoms with E-state index in [9.17, 15) is 18.4 Å². The summed E-state index contributed by atoms with van der Waals surface area (Å²) < 4.78 is 34.9. The van der Waals surface area contributed by atoms with Gasteiger partial charge in [0, 0.05) is 12.1 Å². The molecule has 8 heteroatoms. The van der Waals surface area contributed by atoms with Gasteiger partial charge in [-0.05, 0) is 35.9 Å². The minimum absolute atomic E-state index is 0.0173. The fraction of sp³-hybridized carbons (Fsp3) is 0.263. The Kier molecular flexibility index (Phi) is 5.66. The molecule has 3 rings (SSSR count). The normalized spacial score (nSPS) is 17.0. The lowest BCUT2D eigenvalue weighted by atomic mass is 10.1. The van der Waals surface area contributed by atoms with E-state index in [0.717, 1.165) is 0 Å². The van der Waals surface area contributed by atoms with Crippen LogP contribution < -0.4 is 4.74 Å². The second kappa shape index (κ2) is 8.13. The molecule has 1 N–H and O–H groups in total. The van der Waals surface area contributed by atoms with E-state index in [1.807, 2.05) is 0 Å². The molecule has 0 spiro atoms. The average Bonchev–Trinajstić information content (AvgIpc) is 2.67. The highest BCUT2D eigenvalue weighted by Crippen LogP contribution is 2.27. The van der Waals surface area contributed by atoms with Crippen molar-refractivity contribution in [3.8, 4) is 5.75 Å². The van der Waals surface area contributed by atoms with Gasteiger partial charge in [-0.1, -0.05) is 18.2 Å². The molecule has 27 heavy (non-hydrogen) atoms. The van der Waals surface area contributed by atoms with Crippen LogP contribution in [0, 0.1) is 0 Å². The van der Waals surface area contributed by atoms with Gasteiger partial charge in [-0.2, -0.15) is 8.78 Å². The molecular formula is C19H17F2NO5. The van der Waals surface area contributed by atoms with Gasteiger partial charge in [-0.3, -0.25) is 4.79 Å². The zero-order valence-corrected chi connectivity index (χ0v) is 14.2. The molecule has 1 atom stereocenters. The molecule has 1 unspecified atom stereocenters. The lowest BCUT2D eigenvalue weighted by molar-refractivity contribution is -0.0504. The van der Waals surface area contributed by atoms with E-state index in [0.29, 0.717) is 12.1 Å². The summed E-state index contributed by atoms with van der Waals surface area (Å²) in [4.78, 5) is 25.4. The predicted octanol–water partition coefficient (Wildman–Crippen LogP) is 3.20. The van der Waals surface area contributed by atoms with Gasteiger partial charge in [-0.15, -0.1) is 0 Å². The number of aromatic carboxylic acids is 1. The molecule has 6 nitrogen and oxygen atoms in total. The van der Waals surface area contributed by atoms with E-state index >= 15 is 0 Å². The highest BCUT2D eigenvalue weighted by molar-refractivity contribution is 5.97. The number of rotatable bonds is 5. The third-order valence-electron chi connectivity index (χ3n) is 4.17. The van der Waals surface area contributed by atoms with Crippen molar-refractivity contribution in [2.45, 2.75) is 12.7 Å². The van der Waals surface area contributed by atoms with Crippen molar-refractivity contribution in [1.82, 2.24) is 4.90 Å². The van der Waals surface area contributed by atoms with Crippen LogP contribution in [0.2, 0.25) is 0 Å². The average molecular weight is 377 g/mol. The van der Waals surface area contributed by atoms with Gasteiger partial charge < -0.3 is 19.5 Å². The van der Waals surface area contributed by atoms with Crippen LogP contribution in [0.4, 0.5) is 8.78 Å². The van der Waals surface area contributed by atoms with E-state index in [1.54, 1.807) is 23.1 Å². The van der Waals surface area contributed by atoms with E-state index in [-0.39, 0.29) is 35.9 Å². The van der Waals surface area contributed by atoms with Crippen LogP contribution in [-0.4, -0.2) is 48.2 Å². The van der Waals surface area contributed by atoms with Crippen LogP contribution in [0.1, 0.15) is 32.4 Å². The quantitative estimate of drug-likeness (QED) is 0.866. The number of carboxylic acid groups (broad SMARTS) is 1. The molecule has 142 valence electrons. The number of alkyl halides is 2. The summed E-state index contributed by atoms with van der Waals surface area (Å²) in [5.41, 5.74) is 0.915. The van der Waals surface area contributed by atoms with Gasteiger partial charge in [0.25, 0.3) is 5.91 Å². The molecule has 1 aliphatic heterocycles. The van der Waals surface area contributed by atoms with Crippen molar-refractivity contribution in [2.24, 2.45) is 0 Å². The maximum absolute atomic E-state index is 12.7. The Bertz CT molecular complexity index is 842. The topological polar surface area (TPSA) is 76.1 Å². The highest BCUT2D eigenvalue weighted by Gasteiger charge is 2.27. The summed E-state index contributed by atoms with van der Waals surface area (Å²) in [6.07, 6.45) is -0.494. The van der Waals surface area contributed by atoms with Gasteiger partial charge in [0.1, 0.15) is 11.9 Å². The fourth-order valence-corrected chi connectivity index (χ4v) is 2.89. The molecule has 2 aromatic carbocycles. The van der Waals surface area contributed by atoms with Crippen molar-refractivity contribution in [1.29, 1.82) is 0 Å². The number of hydrogen-bond donors (Lipinski definition) is 1. The first-order valence-electron chi connectivity index (χ1n) is 8.23. The molecule has 2 aromatic rings. The van der Waals surface area contributed by atoms with Gasteiger partial charge in [-0.25, -0.2) is 4.79 Å². The maximum Gasteiger partial charge on any atom is 0.387 e. The Labute approximate surface area is 153 Å². The van der Waals surface area contributed by atoms with Gasteiger partial charge >= 0.3 is 12.6 Å². The number of ether oxygens (including phenoxy) is 2. The van der Waals surface area contributed by atoms with Gasteiger partial charge in [0.05, 0.1) is 18.7 Å². The lowest BCUT2D eigenvalue weighted by Crippen LogP contribution is -2.42. The van der Waals surface area contributed by atoms with Crippen LogP contribution >= 0.6 is 0 Å². The molecule has 0 bridgehead atoms. The Balaban J connectivity index is 1.75. The van der Waals surface area contributed by atoms with Crippen molar-refractivity contribution in [3.63, 3.8) is 0 Å². The number of morpholine rings is 1. The number of nitrogens with zero attached hydrogens (tertiary/aromatic N) is 1. The van der Waals surface area contributed by atoms with Crippen LogP contribution in [0.25, 0.3) is 0 Å². The molecule has 0 saturated carbocycles. The zero-order chi connectivity index (χ0) is 19.4. The monoisotopic (exact) mass is 377 g/mol. The summed E-state index contributed by atoms with van der Waals surface area (Å²) in [7, 11) is 0. The van der Waals surface area contributed by atoms with Crippen molar-refractivity contribution < 1.29 is 33.0 Å². The van der Waals surface area contributed by atoms with Gasteiger partial charge in [0.15, 0.2) is 0 Å². The van der Waals surface area contributed by atoms with Crippen LogP contribution in [0.3, 0.4) is 0 Å². The smallest absolute Gasteiger partial charge is 0.387 e. The number of hydrogen-bond acceptors (Lipinski definition) is 4. The molecule has 1 saturated heterocycles. The molecule has 1 heterocycles. The van der Waals surface area contributed by atoms with Crippen molar-refractivity contribution in [3.05, 3.63) is 65.2 Å². The molecule has 0 aromatic heterocycles. The number of carboxylic acids is 1. The standard InChI is InChI=1S/C19H17F2NO5/c20-19(21)27-15-6-2-3-12(10-15)16-11-22(7-8-26-16)17(23)13-4-1-5-14(9-13)18(24)25/h1-6,9-10,16,19H,7-8,11H2,(H,24,25). The number of halogens is 2. The molecule has 0 aliphatic carbocycles. The first kappa shape index (κ1) is 18.8. The molecule has 1 amide bonds. The second-order valence-corrected chi connectivity index (χ2v) is 5.95. The van der Waals surface area contributed by atoms with Crippen LogP contribution in [0.15, 0.2) is 48.5 Å². The Hall–Kier alpha value is -3.00. The largest absolute Gasteiger partial charge is 0.478 e. The number of amides is 1. The fourth-order valence-electron chi connectivity index (χ4n) is 2.89. The predicted molar refractivity (Wildman–Crippen MR) is 91.1 cm³/mol. The maximum atomic E-state index is 12.7. The highest BCUT2D eigenvalue weighted by atomic mass is 19.3. The summed E-state index contributed by atoms with van der Waals surface area (Å²) >= 11 is 0. The number of carbonyl (C=O) groups excluding carboxylic acids is 1. The van der Waals surface area contributed by atoms with E-state index in [2.05, 4.69) is 4.74 Å². The Morgan fingerprint density at radius 1 is 1.15 bits per heavy atom. The number of carbonyl (C=O) groups is 2. The SMILES string of the molecule is O=C(O)c1cccc(C(=O)N2CCOC(c3cccc(OC(F)F)c3)C2)c1. The van der Waals surface area contributed by atoms with Crippen LogP contribution in [-0.2, 0) is 4.74 Å². The Morgan fingerprint density at radius 3 is 2.63 bits per heavy atom. The summed E-state index contributed by atoms with van der Waals surface area (Å²) in [6.45, 7) is -2.09. The minimum atomic E-state index is -2.92. The van der Waals surface area contributed by atoms with Crippen molar-refractivity contribution >= 4 is 11.9 Å². The summed E-state index contributed by atoms with van der Waals surface area (Å²) in [6, 6.07) is 12.0. The summed E-state index contributed by atoms with van der Waals surface area (Å²) in [5.74, 6) is -1.41. The Morgan fingerprint density at radius 2 is 1.89 bits per heavy atom. The molecule has 1 aliphatic rings. The van der Waals surface area contributed by atoms with Gasteiger partial charge in [0.2, 0.25) is 0 Å². The molecular weight excluding hydrogens is 360 g/mol. The first-order chi connectivity index (χ1) is 12.9. The summed E-state index contributed by atoms with van der Waals surface area (Å²) in [5, 5.41) is 9.07. The third kappa shape index (κ3) is 4.59. The first-order valence-corrected chi connectivity index (χ1v) is 8.23. The minimum Gasteiger partial charge on any atom is -0.478 e. The van der Waals surface area contributed by atoms with E-state index in [1.165, 1.54) is 30.3 Å². The molecule has 0 radical (unpaired) electrons. The van der Waals surface area contributed by atoms with E-state index < -0.39 is 18.7 Å². The van der Waals surface area contributed by atoms with Crippen molar-refractivity contribution in [2.75, 3.05) is 19.7 Å². The lowest BCUT2D eigenvalue weighted by Gasteiger charge is -2.33. The second-order valence-electron chi connectivity index (χ2n) is 5.95.